The molecule has 3 saturated heterocycles. The van der Waals surface area contributed by atoms with Gasteiger partial charge in [-0.25, -0.2) is 0 Å². The van der Waals surface area contributed by atoms with Gasteiger partial charge in [0.15, 0.2) is 17.9 Å². The average molecular weight is 555 g/mol. The highest BCUT2D eigenvalue weighted by molar-refractivity contribution is 7.66. The van der Waals surface area contributed by atoms with Crippen LogP contribution >= 0.6 is 7.37 Å². The molecule has 5 aliphatic rings. The molecule has 2 aliphatic carbocycles. The minimum atomic E-state index is -3.37. The molecule has 0 aromatic heterocycles. The van der Waals surface area contributed by atoms with Gasteiger partial charge in [0.2, 0.25) is 7.37 Å². The monoisotopic (exact) mass is 554 g/mol. The molecule has 0 amide bonds. The van der Waals surface area contributed by atoms with Gasteiger partial charge in [0.25, 0.3) is 0 Å². The van der Waals surface area contributed by atoms with Crippen LogP contribution in [0.5, 0.6) is 0 Å². The molecule has 0 N–H and O–H groups in total. The first-order chi connectivity index (χ1) is 19.1. The lowest BCUT2D eigenvalue weighted by Gasteiger charge is -2.36. The van der Waals surface area contributed by atoms with Crippen LogP contribution in [0.1, 0.15) is 69.8 Å². The van der Waals surface area contributed by atoms with E-state index in [1.54, 1.807) is 0 Å². The van der Waals surface area contributed by atoms with Crippen LogP contribution in [-0.4, -0.2) is 48.9 Å². The van der Waals surface area contributed by atoms with Crippen molar-refractivity contribution in [2.45, 2.75) is 113 Å². The van der Waals surface area contributed by atoms with E-state index in [-0.39, 0.29) is 12.3 Å². The van der Waals surface area contributed by atoms with Crippen molar-refractivity contribution in [2.75, 3.05) is 6.61 Å². The Morgan fingerprint density at radius 2 is 1.38 bits per heavy atom. The zero-order valence-corrected chi connectivity index (χ0v) is 23.3. The van der Waals surface area contributed by atoms with Gasteiger partial charge in [0.1, 0.15) is 24.4 Å². The number of hydrogen-bond acceptors (Lipinski definition) is 7. The van der Waals surface area contributed by atoms with Gasteiger partial charge in [-0.3, -0.25) is 4.57 Å². The molecular formula is C31H39O7P. The maximum absolute atomic E-state index is 14.9. The van der Waals surface area contributed by atoms with Crippen LogP contribution in [0.4, 0.5) is 0 Å². The van der Waals surface area contributed by atoms with Gasteiger partial charge >= 0.3 is 0 Å². The van der Waals surface area contributed by atoms with Gasteiger partial charge < -0.3 is 28.2 Å². The van der Waals surface area contributed by atoms with E-state index in [4.69, 9.17) is 28.2 Å². The van der Waals surface area contributed by atoms with Crippen LogP contribution in [-0.2, 0) is 38.9 Å². The van der Waals surface area contributed by atoms with E-state index in [9.17, 15) is 4.57 Å². The van der Waals surface area contributed by atoms with E-state index in [1.807, 2.05) is 60.7 Å². The number of fused-ring (bicyclic) bond motifs is 1. The lowest BCUT2D eigenvalue weighted by atomic mass is 9.94. The molecule has 6 atom stereocenters. The summed E-state index contributed by atoms with van der Waals surface area (Å²) in [6.45, 7) is 0.420. The molecule has 3 heterocycles. The zero-order valence-electron chi connectivity index (χ0n) is 22.5. The number of ether oxygens (including phenoxy) is 5. The van der Waals surface area contributed by atoms with Crippen molar-refractivity contribution in [3.63, 3.8) is 0 Å². The van der Waals surface area contributed by atoms with Crippen LogP contribution < -0.4 is 5.30 Å². The molecule has 8 heteroatoms. The first-order valence-electron chi connectivity index (χ1n) is 14.8. The highest BCUT2D eigenvalue weighted by atomic mass is 31.2. The molecule has 39 heavy (non-hydrogen) atoms. The molecule has 0 radical (unpaired) electrons. The number of benzene rings is 2. The van der Waals surface area contributed by atoms with Crippen molar-refractivity contribution < 1.29 is 32.8 Å². The zero-order chi connectivity index (χ0) is 26.3. The van der Waals surface area contributed by atoms with E-state index in [2.05, 4.69) is 0 Å². The highest BCUT2D eigenvalue weighted by Crippen LogP contribution is 2.56. The van der Waals surface area contributed by atoms with Crippen molar-refractivity contribution in [3.05, 3.63) is 66.2 Å². The first-order valence-corrected chi connectivity index (χ1v) is 16.6. The Bertz CT molecular complexity index is 1160. The summed E-state index contributed by atoms with van der Waals surface area (Å²) in [5.41, 5.74) is 0.964. The Labute approximate surface area is 230 Å². The first kappa shape index (κ1) is 26.3. The highest BCUT2D eigenvalue weighted by Gasteiger charge is 2.62. The van der Waals surface area contributed by atoms with Crippen LogP contribution in [0.3, 0.4) is 0 Å². The molecule has 2 spiro atoms. The van der Waals surface area contributed by atoms with Crippen LogP contribution in [0.15, 0.2) is 60.7 Å². The smallest absolute Gasteiger partial charge is 0.236 e. The van der Waals surface area contributed by atoms with Gasteiger partial charge in [0.05, 0.1) is 12.8 Å². The third-order valence-electron chi connectivity index (χ3n) is 9.04. The van der Waals surface area contributed by atoms with E-state index in [0.717, 1.165) is 56.9 Å². The Morgan fingerprint density at radius 1 is 0.744 bits per heavy atom. The Hall–Kier alpha value is -1.57. The molecule has 7 rings (SSSR count). The quantitative estimate of drug-likeness (QED) is 0.403. The minimum absolute atomic E-state index is 0.288. The molecule has 2 aromatic carbocycles. The summed E-state index contributed by atoms with van der Waals surface area (Å²) in [6, 6.07) is 19.4. The standard InChI is InChI=1S/C31H39O7P/c32-39(24-15-7-2-8-16-24,22-23-13-5-1-6-14-23)38-27-26(25-21-33-30(35-25)17-9-3-10-18-30)34-29-28(27)36-31(37-29)19-11-4-12-20-31/h1-2,5-8,13-16,25-29H,3-4,9-12,17-22H2/t25-,26+,27-,28+,29+,39-/m0/s1. The van der Waals surface area contributed by atoms with Crippen LogP contribution in [0.2, 0.25) is 0 Å². The van der Waals surface area contributed by atoms with Gasteiger partial charge in [-0.15, -0.1) is 0 Å². The van der Waals surface area contributed by atoms with Crippen molar-refractivity contribution in [3.8, 4) is 0 Å². The van der Waals surface area contributed by atoms with E-state index < -0.39 is 43.5 Å². The second-order valence-electron chi connectivity index (χ2n) is 11.8. The second kappa shape index (κ2) is 10.7. The predicted molar refractivity (Wildman–Crippen MR) is 146 cm³/mol. The summed E-state index contributed by atoms with van der Waals surface area (Å²) >= 11 is 0. The summed E-state index contributed by atoms with van der Waals surface area (Å²) < 4.78 is 54.4. The van der Waals surface area contributed by atoms with E-state index >= 15 is 0 Å². The van der Waals surface area contributed by atoms with Crippen molar-refractivity contribution in [1.82, 2.24) is 0 Å². The number of rotatable bonds is 6. The minimum Gasteiger partial charge on any atom is -0.347 e. The van der Waals surface area contributed by atoms with Gasteiger partial charge in [-0.05, 0) is 43.4 Å². The van der Waals surface area contributed by atoms with Gasteiger partial charge in [-0.1, -0.05) is 61.4 Å². The fourth-order valence-corrected chi connectivity index (χ4v) is 9.39. The molecule has 3 aliphatic heterocycles. The largest absolute Gasteiger partial charge is 0.347 e. The fourth-order valence-electron chi connectivity index (χ4n) is 7.06. The van der Waals surface area contributed by atoms with Crippen LogP contribution in [0.25, 0.3) is 0 Å². The molecule has 0 unspecified atom stereocenters. The Kier molecular flexibility index (Phi) is 7.21. The van der Waals surface area contributed by atoms with Crippen molar-refractivity contribution in [1.29, 1.82) is 0 Å². The molecule has 210 valence electrons. The lowest BCUT2D eigenvalue weighted by molar-refractivity contribution is -0.258. The summed E-state index contributed by atoms with van der Waals surface area (Å²) in [4.78, 5) is 0. The number of hydrogen-bond donors (Lipinski definition) is 0. The summed E-state index contributed by atoms with van der Waals surface area (Å²) in [5, 5.41) is 0.690. The predicted octanol–water partition coefficient (Wildman–Crippen LogP) is 6.05. The third kappa shape index (κ3) is 5.17. The maximum atomic E-state index is 14.9. The molecular weight excluding hydrogens is 515 g/mol. The third-order valence-corrected chi connectivity index (χ3v) is 11.5. The Morgan fingerprint density at radius 3 is 2.08 bits per heavy atom. The Balaban J connectivity index is 1.20. The maximum Gasteiger partial charge on any atom is 0.236 e. The average Bonchev–Trinajstić information content (AvgIpc) is 3.62. The van der Waals surface area contributed by atoms with E-state index in [1.165, 1.54) is 12.8 Å². The molecule has 2 aromatic rings. The van der Waals surface area contributed by atoms with E-state index in [0.29, 0.717) is 11.9 Å². The van der Waals surface area contributed by atoms with Gasteiger partial charge in [-0.2, -0.15) is 0 Å². The summed E-state index contributed by atoms with van der Waals surface area (Å²) in [6.07, 6.45) is 7.94. The lowest BCUT2D eigenvalue weighted by Crippen LogP contribution is -2.46. The second-order valence-corrected chi connectivity index (χ2v) is 14.2. The van der Waals surface area contributed by atoms with Crippen molar-refractivity contribution in [2.24, 2.45) is 0 Å². The summed E-state index contributed by atoms with van der Waals surface area (Å²) in [5.74, 6) is -1.19. The van der Waals surface area contributed by atoms with Crippen molar-refractivity contribution >= 4 is 12.7 Å². The van der Waals surface area contributed by atoms with Crippen LogP contribution in [0, 0.1) is 0 Å². The SMILES string of the molecule is O=[P@@](Cc1ccccc1)(O[C@@H]1[C@H]2OC3(CCCCC3)O[C@H]2O[C@@H]1[C@@H]1COC2(CCCCC2)O1)c1ccccc1. The topological polar surface area (TPSA) is 72.5 Å². The summed E-state index contributed by atoms with van der Waals surface area (Å²) in [7, 11) is -3.37. The normalized spacial score (nSPS) is 34.7. The molecule has 2 saturated carbocycles. The fraction of sp³-hybridized carbons (Fsp3) is 0.613. The molecule has 5 fully saturated rings. The van der Waals surface area contributed by atoms with Gasteiger partial charge in [0, 0.05) is 31.0 Å². The molecule has 7 nitrogen and oxygen atoms in total. The molecule has 0 bridgehead atoms.